The molecule has 0 aromatic heterocycles. The second kappa shape index (κ2) is 9.45. The first-order chi connectivity index (χ1) is 17.5. The van der Waals surface area contributed by atoms with Gasteiger partial charge in [-0.2, -0.15) is 0 Å². The van der Waals surface area contributed by atoms with Crippen LogP contribution in [0.4, 0.5) is 5.69 Å². The van der Waals surface area contributed by atoms with Crippen LogP contribution in [0.3, 0.4) is 0 Å². The van der Waals surface area contributed by atoms with E-state index in [0.717, 1.165) is 61.8 Å². The first kappa shape index (κ1) is 22.8. The van der Waals surface area contributed by atoms with Crippen molar-refractivity contribution in [1.29, 1.82) is 0 Å². The summed E-state index contributed by atoms with van der Waals surface area (Å²) in [7, 11) is 2.20. The van der Waals surface area contributed by atoms with Crippen molar-refractivity contribution in [1.82, 2.24) is 20.0 Å². The van der Waals surface area contributed by atoms with Gasteiger partial charge in [-0.25, -0.2) is 4.99 Å². The Labute approximate surface area is 212 Å². The number of hydrogen-bond donors (Lipinski definition) is 2. The summed E-state index contributed by atoms with van der Waals surface area (Å²) in [6, 6.07) is 12.7. The van der Waals surface area contributed by atoms with Crippen LogP contribution in [0.25, 0.3) is 0 Å². The van der Waals surface area contributed by atoms with E-state index >= 15 is 0 Å². The number of nitrogens with zero attached hydrogens (tertiary/aromatic N) is 4. The number of anilines is 1. The Morgan fingerprint density at radius 1 is 1.14 bits per heavy atom. The average Bonchev–Trinajstić information content (AvgIpc) is 3.60. The van der Waals surface area contributed by atoms with Gasteiger partial charge in [0.25, 0.3) is 5.91 Å². The van der Waals surface area contributed by atoms with E-state index in [1.807, 2.05) is 42.4 Å². The maximum absolute atomic E-state index is 13.1. The molecule has 4 aliphatic rings. The number of nitrogens with one attached hydrogen (secondary N) is 2. The molecule has 0 bridgehead atoms. The highest BCUT2D eigenvalue weighted by molar-refractivity contribution is 6.04. The molecule has 0 saturated carbocycles. The molecule has 1 amide bonds. The first-order valence-electron chi connectivity index (χ1n) is 12.8. The lowest BCUT2D eigenvalue weighted by Crippen LogP contribution is -2.45. The van der Waals surface area contributed by atoms with Crippen LogP contribution < -0.4 is 10.6 Å². The van der Waals surface area contributed by atoms with Gasteiger partial charge in [0.2, 0.25) is 5.96 Å². The van der Waals surface area contributed by atoms with Crippen molar-refractivity contribution in [2.75, 3.05) is 45.1 Å². The molecule has 3 aliphatic heterocycles. The highest BCUT2D eigenvalue weighted by Gasteiger charge is 2.30. The van der Waals surface area contributed by atoms with Crippen molar-refractivity contribution in [3.8, 4) is 11.8 Å². The van der Waals surface area contributed by atoms with Gasteiger partial charge in [0.15, 0.2) is 0 Å². The van der Waals surface area contributed by atoms with Crippen molar-refractivity contribution >= 4 is 17.6 Å². The molecular weight excluding hydrogens is 448 g/mol. The van der Waals surface area contributed by atoms with Gasteiger partial charge in [-0.05, 0) is 67.8 Å². The molecule has 2 aromatic carbocycles. The predicted octanol–water partition coefficient (Wildman–Crippen LogP) is 2.95. The summed E-state index contributed by atoms with van der Waals surface area (Å²) in [5, 5.41) is 6.22. The molecule has 2 unspecified atom stereocenters. The topological polar surface area (TPSA) is 63.2 Å². The molecule has 7 heteroatoms. The number of aryl methyl sites for hydroxylation is 2. The maximum Gasteiger partial charge on any atom is 0.255 e. The van der Waals surface area contributed by atoms with E-state index in [4.69, 9.17) is 0 Å². The summed E-state index contributed by atoms with van der Waals surface area (Å²) in [5.74, 6) is 7.35. The number of amides is 1. The van der Waals surface area contributed by atoms with Crippen molar-refractivity contribution in [3.63, 3.8) is 0 Å². The molecule has 7 nitrogen and oxygen atoms in total. The smallest absolute Gasteiger partial charge is 0.255 e. The highest BCUT2D eigenvalue weighted by Crippen LogP contribution is 2.37. The number of carbonyl (C=O) groups excluding carboxylic acids is 1. The quantitative estimate of drug-likeness (QED) is 0.662. The normalized spacial score (nSPS) is 22.9. The zero-order valence-electron chi connectivity index (χ0n) is 20.9. The monoisotopic (exact) mass is 480 g/mol. The number of fused-ring (bicyclic) bond motifs is 2. The Kier molecular flexibility index (Phi) is 6.00. The van der Waals surface area contributed by atoms with E-state index in [9.17, 15) is 4.79 Å². The average molecular weight is 481 g/mol. The lowest BCUT2D eigenvalue weighted by atomic mass is 10.0. The van der Waals surface area contributed by atoms with Crippen LogP contribution in [0.2, 0.25) is 0 Å². The van der Waals surface area contributed by atoms with Crippen LogP contribution in [0, 0.1) is 18.8 Å². The van der Waals surface area contributed by atoms with E-state index in [1.165, 1.54) is 11.1 Å². The Bertz CT molecular complexity index is 1310. The standard InChI is InChI=1S/C29H32N6O/c1-20-3-4-23(17-21(20)5-8-25-19-31-29-30-11-12-35(25)29)28(36)32-24-7-9-26-22(18-24)6-10-27(26)34-15-13-33(2)14-16-34/h3-4,7,9,11-12,17-18,25,27H,6,10,13-16,19H2,1-2H3,(H,30,31)(H,32,36). The number of guanidine groups is 1. The lowest BCUT2D eigenvalue weighted by molar-refractivity contribution is 0.102. The number of rotatable bonds is 3. The number of benzene rings is 2. The van der Waals surface area contributed by atoms with E-state index in [-0.39, 0.29) is 11.9 Å². The summed E-state index contributed by atoms with van der Waals surface area (Å²) in [4.78, 5) is 24.6. The van der Waals surface area contributed by atoms with Crippen molar-refractivity contribution in [2.24, 2.45) is 4.99 Å². The summed E-state index contributed by atoms with van der Waals surface area (Å²) < 4.78 is 0. The third kappa shape index (κ3) is 4.39. The largest absolute Gasteiger partial charge is 0.331 e. The Morgan fingerprint density at radius 2 is 2.00 bits per heavy atom. The minimum absolute atomic E-state index is 0.0178. The molecule has 184 valence electrons. The minimum atomic E-state index is -0.107. The van der Waals surface area contributed by atoms with E-state index < -0.39 is 0 Å². The SMILES string of the molecule is Cc1ccc(C(=O)Nc2ccc3c(c2)CCC3N2CCN(C)CC2)cc1C#CC1CN=C2NC=CN21. The predicted molar refractivity (Wildman–Crippen MR) is 143 cm³/mol. The van der Waals surface area contributed by atoms with Gasteiger partial charge in [0, 0.05) is 61.4 Å². The van der Waals surface area contributed by atoms with E-state index in [2.05, 4.69) is 62.5 Å². The molecule has 0 spiro atoms. The molecule has 0 radical (unpaired) electrons. The molecule has 1 aliphatic carbocycles. The Hall–Kier alpha value is -3.60. The summed E-state index contributed by atoms with van der Waals surface area (Å²) in [6.45, 7) is 7.18. The van der Waals surface area contributed by atoms with Gasteiger partial charge in [-0.3, -0.25) is 9.69 Å². The third-order valence-corrected chi connectivity index (χ3v) is 7.74. The number of aliphatic imine (C=N–C) groups is 1. The first-order valence-corrected chi connectivity index (χ1v) is 12.8. The summed E-state index contributed by atoms with van der Waals surface area (Å²) in [5.41, 5.74) is 6.18. The number of hydrogen-bond acceptors (Lipinski definition) is 6. The molecule has 1 saturated heterocycles. The fraction of sp³-hybridized carbons (Fsp3) is 0.379. The highest BCUT2D eigenvalue weighted by atomic mass is 16.1. The third-order valence-electron chi connectivity index (χ3n) is 7.74. The Balaban J connectivity index is 1.14. The molecule has 2 aromatic rings. The van der Waals surface area contributed by atoms with E-state index in [0.29, 0.717) is 18.2 Å². The van der Waals surface area contributed by atoms with Gasteiger partial charge < -0.3 is 20.4 Å². The second-order valence-electron chi connectivity index (χ2n) is 10.1. The van der Waals surface area contributed by atoms with Crippen LogP contribution in [0.5, 0.6) is 0 Å². The fourth-order valence-electron chi connectivity index (χ4n) is 5.54. The van der Waals surface area contributed by atoms with Gasteiger partial charge in [0.1, 0.15) is 6.04 Å². The summed E-state index contributed by atoms with van der Waals surface area (Å²) >= 11 is 0. The van der Waals surface area contributed by atoms with Crippen LogP contribution in [0.15, 0.2) is 53.8 Å². The molecule has 3 heterocycles. The van der Waals surface area contributed by atoms with Crippen molar-refractivity contribution in [3.05, 3.63) is 76.6 Å². The van der Waals surface area contributed by atoms with Gasteiger partial charge in [0.05, 0.1) is 6.54 Å². The second-order valence-corrected chi connectivity index (χ2v) is 10.1. The van der Waals surface area contributed by atoms with Gasteiger partial charge in [-0.15, -0.1) is 0 Å². The fourth-order valence-corrected chi connectivity index (χ4v) is 5.54. The van der Waals surface area contributed by atoms with Crippen LogP contribution in [0.1, 0.15) is 45.1 Å². The zero-order valence-corrected chi connectivity index (χ0v) is 20.9. The molecule has 2 N–H and O–H groups in total. The zero-order chi connectivity index (χ0) is 24.6. The number of likely N-dealkylation sites (N-methyl/N-ethyl adjacent to an activating group) is 1. The molecule has 6 rings (SSSR count). The maximum atomic E-state index is 13.1. The van der Waals surface area contributed by atoms with Crippen molar-refractivity contribution < 1.29 is 4.79 Å². The molecule has 2 atom stereocenters. The van der Waals surface area contributed by atoms with Crippen LogP contribution in [-0.2, 0) is 6.42 Å². The van der Waals surface area contributed by atoms with Crippen LogP contribution in [-0.4, -0.2) is 72.4 Å². The minimum Gasteiger partial charge on any atom is -0.331 e. The number of piperazine rings is 1. The van der Waals surface area contributed by atoms with E-state index in [1.54, 1.807) is 0 Å². The number of carbonyl (C=O) groups is 1. The van der Waals surface area contributed by atoms with Crippen molar-refractivity contribution in [2.45, 2.75) is 31.8 Å². The molecular formula is C29H32N6O. The van der Waals surface area contributed by atoms with Gasteiger partial charge in [-0.1, -0.05) is 24.0 Å². The molecule has 1 fully saturated rings. The Morgan fingerprint density at radius 3 is 2.86 bits per heavy atom. The van der Waals surface area contributed by atoms with Gasteiger partial charge >= 0.3 is 0 Å². The lowest BCUT2D eigenvalue weighted by Gasteiger charge is -2.36. The molecule has 36 heavy (non-hydrogen) atoms. The van der Waals surface area contributed by atoms with Crippen LogP contribution >= 0.6 is 0 Å². The summed E-state index contributed by atoms with van der Waals surface area (Å²) in [6.07, 6.45) is 6.06.